The van der Waals surface area contributed by atoms with E-state index in [0.29, 0.717) is 23.4 Å². The number of amides is 1. The minimum atomic E-state index is -0.104. The average Bonchev–Trinajstić information content (AvgIpc) is 2.47. The van der Waals surface area contributed by atoms with Crippen LogP contribution in [0.1, 0.15) is 15.9 Å². The smallest absolute Gasteiger partial charge is 0.258 e. The minimum absolute atomic E-state index is 0.104. The second kappa shape index (κ2) is 2.90. The van der Waals surface area contributed by atoms with E-state index in [9.17, 15) is 9.90 Å². The Morgan fingerprint density at radius 3 is 2.86 bits per heavy atom. The van der Waals surface area contributed by atoms with Gasteiger partial charge in [-0.15, -0.1) is 0 Å². The Bertz CT molecular complexity index is 401. The van der Waals surface area contributed by atoms with Gasteiger partial charge in [0.2, 0.25) is 0 Å². The van der Waals surface area contributed by atoms with Crippen LogP contribution in [0.25, 0.3) is 0 Å². The van der Waals surface area contributed by atoms with Crippen LogP contribution in [0.4, 0.5) is 0 Å². The number of carbonyl (C=O) groups is 1. The first-order chi connectivity index (χ1) is 6.65. The molecule has 0 saturated carbocycles. The van der Waals surface area contributed by atoms with Crippen LogP contribution in [0.15, 0.2) is 12.1 Å². The van der Waals surface area contributed by atoms with Crippen molar-refractivity contribution in [3.8, 4) is 11.5 Å². The van der Waals surface area contributed by atoms with Crippen LogP contribution in [-0.2, 0) is 6.54 Å². The number of rotatable bonds is 1. The molecule has 4 nitrogen and oxygen atoms in total. The molecule has 1 heterocycles. The Morgan fingerprint density at radius 1 is 1.50 bits per heavy atom. The van der Waals surface area contributed by atoms with E-state index >= 15 is 0 Å². The van der Waals surface area contributed by atoms with Crippen LogP contribution >= 0.6 is 0 Å². The zero-order chi connectivity index (χ0) is 10.3. The molecule has 74 valence electrons. The van der Waals surface area contributed by atoms with Crippen molar-refractivity contribution in [1.29, 1.82) is 0 Å². The van der Waals surface area contributed by atoms with Crippen LogP contribution in [-0.4, -0.2) is 30.1 Å². The summed E-state index contributed by atoms with van der Waals surface area (Å²) in [4.78, 5) is 13.2. The summed E-state index contributed by atoms with van der Waals surface area (Å²) in [5.74, 6) is 0.568. The molecule has 0 aromatic heterocycles. The van der Waals surface area contributed by atoms with Crippen molar-refractivity contribution in [2.24, 2.45) is 0 Å². The summed E-state index contributed by atoms with van der Waals surface area (Å²) in [7, 11) is 3.21. The van der Waals surface area contributed by atoms with E-state index in [0.717, 1.165) is 0 Å². The molecule has 0 unspecified atom stereocenters. The molecule has 0 saturated heterocycles. The number of fused-ring (bicyclic) bond motifs is 1. The molecule has 4 heteroatoms. The number of aromatic hydroxyl groups is 1. The first-order valence-corrected chi connectivity index (χ1v) is 4.29. The first-order valence-electron chi connectivity index (χ1n) is 4.29. The maximum atomic E-state index is 11.7. The van der Waals surface area contributed by atoms with Crippen LogP contribution in [0.3, 0.4) is 0 Å². The van der Waals surface area contributed by atoms with Crippen molar-refractivity contribution < 1.29 is 14.6 Å². The molecule has 0 spiro atoms. The van der Waals surface area contributed by atoms with E-state index in [1.807, 2.05) is 0 Å². The highest BCUT2D eigenvalue weighted by atomic mass is 16.5. The lowest BCUT2D eigenvalue weighted by Gasteiger charge is -2.06. The summed E-state index contributed by atoms with van der Waals surface area (Å²) in [5, 5.41) is 9.55. The number of carbonyl (C=O) groups excluding carboxylic acids is 1. The van der Waals surface area contributed by atoms with E-state index in [1.165, 1.54) is 7.11 Å². The summed E-state index contributed by atoms with van der Waals surface area (Å²) in [5.41, 5.74) is 1.13. The van der Waals surface area contributed by atoms with Gasteiger partial charge in [-0.25, -0.2) is 0 Å². The summed E-state index contributed by atoms with van der Waals surface area (Å²) in [6.07, 6.45) is 0. The molecular formula is C10H11NO3. The molecule has 0 atom stereocenters. The SMILES string of the molecule is COc1ccc(O)c2c1C(=O)N(C)C2. The van der Waals surface area contributed by atoms with Crippen molar-refractivity contribution in [2.75, 3.05) is 14.2 Å². The van der Waals surface area contributed by atoms with Gasteiger partial charge in [0.05, 0.1) is 19.2 Å². The molecule has 2 rings (SSSR count). The topological polar surface area (TPSA) is 49.8 Å². The minimum Gasteiger partial charge on any atom is -0.508 e. The predicted molar refractivity (Wildman–Crippen MR) is 50.5 cm³/mol. The highest BCUT2D eigenvalue weighted by molar-refractivity contribution is 6.01. The normalized spacial score (nSPS) is 14.4. The van der Waals surface area contributed by atoms with Crippen molar-refractivity contribution in [3.05, 3.63) is 23.3 Å². The van der Waals surface area contributed by atoms with Crippen LogP contribution in [0, 0.1) is 0 Å². The molecule has 14 heavy (non-hydrogen) atoms. The summed E-state index contributed by atoms with van der Waals surface area (Å²) < 4.78 is 5.07. The zero-order valence-electron chi connectivity index (χ0n) is 8.07. The highest BCUT2D eigenvalue weighted by Gasteiger charge is 2.30. The van der Waals surface area contributed by atoms with Crippen molar-refractivity contribution in [1.82, 2.24) is 4.90 Å². The summed E-state index contributed by atoms with van der Waals surface area (Å²) in [6, 6.07) is 3.15. The number of hydrogen-bond donors (Lipinski definition) is 1. The van der Waals surface area contributed by atoms with Crippen molar-refractivity contribution in [3.63, 3.8) is 0 Å². The lowest BCUT2D eigenvalue weighted by atomic mass is 10.1. The summed E-state index contributed by atoms with van der Waals surface area (Å²) in [6.45, 7) is 0.442. The van der Waals surface area contributed by atoms with Gasteiger partial charge in [0.15, 0.2) is 0 Å². The van der Waals surface area contributed by atoms with Gasteiger partial charge in [-0.2, -0.15) is 0 Å². The molecule has 0 aliphatic carbocycles. The zero-order valence-corrected chi connectivity index (χ0v) is 8.07. The van der Waals surface area contributed by atoms with Crippen molar-refractivity contribution >= 4 is 5.91 Å². The van der Waals surface area contributed by atoms with E-state index < -0.39 is 0 Å². The Kier molecular flexibility index (Phi) is 1.84. The second-order valence-corrected chi connectivity index (χ2v) is 3.30. The van der Waals surface area contributed by atoms with Gasteiger partial charge in [-0.3, -0.25) is 4.79 Å². The fourth-order valence-electron chi connectivity index (χ4n) is 1.68. The molecule has 1 amide bonds. The number of hydrogen-bond acceptors (Lipinski definition) is 3. The predicted octanol–water partition coefficient (Wildman–Crippen LogP) is 0.986. The average molecular weight is 193 g/mol. The number of ether oxygens (including phenoxy) is 1. The van der Waals surface area contributed by atoms with E-state index in [2.05, 4.69) is 0 Å². The third kappa shape index (κ3) is 1.04. The van der Waals surface area contributed by atoms with Crippen LogP contribution in [0.2, 0.25) is 0 Å². The monoisotopic (exact) mass is 193 g/mol. The quantitative estimate of drug-likeness (QED) is 0.723. The van der Waals surface area contributed by atoms with Gasteiger partial charge in [0.1, 0.15) is 11.5 Å². The molecule has 1 aromatic carbocycles. The molecule has 1 aromatic rings. The molecular weight excluding hydrogens is 182 g/mol. The van der Waals surface area contributed by atoms with E-state index in [1.54, 1.807) is 24.1 Å². The number of nitrogens with zero attached hydrogens (tertiary/aromatic N) is 1. The third-order valence-corrected chi connectivity index (χ3v) is 2.43. The first kappa shape index (κ1) is 8.87. The van der Waals surface area contributed by atoms with Gasteiger partial charge in [-0.1, -0.05) is 0 Å². The van der Waals surface area contributed by atoms with Gasteiger partial charge in [-0.05, 0) is 12.1 Å². The number of phenolic OH excluding ortho intramolecular Hbond substituents is 1. The highest BCUT2D eigenvalue weighted by Crippen LogP contribution is 2.35. The summed E-state index contributed by atoms with van der Waals surface area (Å²) >= 11 is 0. The lowest BCUT2D eigenvalue weighted by molar-refractivity contribution is 0.0814. The van der Waals surface area contributed by atoms with Crippen LogP contribution in [0.5, 0.6) is 11.5 Å². The standard InChI is InChI=1S/C10H11NO3/c1-11-5-6-7(12)3-4-8(14-2)9(6)10(11)13/h3-4,12H,5H2,1-2H3. The molecule has 0 radical (unpaired) electrons. The maximum absolute atomic E-state index is 11.7. The molecule has 0 fully saturated rings. The Labute approximate surface area is 81.7 Å². The Morgan fingerprint density at radius 2 is 2.21 bits per heavy atom. The van der Waals surface area contributed by atoms with Crippen molar-refractivity contribution in [2.45, 2.75) is 6.54 Å². The largest absolute Gasteiger partial charge is 0.508 e. The van der Waals surface area contributed by atoms with Gasteiger partial charge in [0.25, 0.3) is 5.91 Å². The number of benzene rings is 1. The molecule has 1 aliphatic rings. The second-order valence-electron chi connectivity index (χ2n) is 3.30. The molecule has 0 bridgehead atoms. The fraction of sp³-hybridized carbons (Fsp3) is 0.300. The van der Waals surface area contributed by atoms with E-state index in [-0.39, 0.29) is 11.7 Å². The van der Waals surface area contributed by atoms with E-state index in [4.69, 9.17) is 4.74 Å². The lowest BCUT2D eigenvalue weighted by Crippen LogP contribution is -2.17. The van der Waals surface area contributed by atoms with Gasteiger partial charge in [0, 0.05) is 12.6 Å². The molecule has 1 aliphatic heterocycles. The third-order valence-electron chi connectivity index (χ3n) is 2.43. The molecule has 1 N–H and O–H groups in total. The fourth-order valence-corrected chi connectivity index (χ4v) is 1.68. The Hall–Kier alpha value is -1.71. The maximum Gasteiger partial charge on any atom is 0.258 e. The number of methoxy groups -OCH3 is 1. The number of phenols is 1. The Balaban J connectivity index is 2.65. The van der Waals surface area contributed by atoms with Gasteiger partial charge >= 0.3 is 0 Å². The van der Waals surface area contributed by atoms with Gasteiger partial charge < -0.3 is 14.7 Å². The van der Waals surface area contributed by atoms with Crippen LogP contribution < -0.4 is 4.74 Å².